The van der Waals surface area contributed by atoms with Crippen molar-refractivity contribution in [2.45, 2.75) is 45.1 Å². The number of imidazole rings is 1. The van der Waals surface area contributed by atoms with E-state index in [2.05, 4.69) is 28.8 Å². The number of nitrogen functional groups attached to an aromatic ring is 1. The van der Waals surface area contributed by atoms with E-state index in [1.807, 2.05) is 18.2 Å². The molecule has 0 radical (unpaired) electrons. The molecule has 4 nitrogen and oxygen atoms in total. The lowest BCUT2D eigenvalue weighted by Crippen LogP contribution is -2.36. The van der Waals surface area contributed by atoms with E-state index in [-0.39, 0.29) is 0 Å². The minimum Gasteiger partial charge on any atom is -0.399 e. The predicted molar refractivity (Wildman–Crippen MR) is 88.3 cm³/mol. The van der Waals surface area contributed by atoms with Gasteiger partial charge in [-0.3, -0.25) is 0 Å². The van der Waals surface area contributed by atoms with Crippen LogP contribution in [0.5, 0.6) is 0 Å². The Morgan fingerprint density at radius 2 is 2.05 bits per heavy atom. The normalized spacial score (nSPS) is 23.0. The van der Waals surface area contributed by atoms with Gasteiger partial charge in [0.15, 0.2) is 0 Å². The quantitative estimate of drug-likeness (QED) is 0.849. The van der Waals surface area contributed by atoms with Gasteiger partial charge in [0.05, 0.1) is 11.0 Å². The Morgan fingerprint density at radius 1 is 1.29 bits per heavy atom. The van der Waals surface area contributed by atoms with Crippen LogP contribution >= 0.6 is 0 Å². The number of aromatic nitrogens is 2. The maximum atomic E-state index is 5.81. The highest BCUT2D eigenvalue weighted by atomic mass is 15.1. The van der Waals surface area contributed by atoms with Gasteiger partial charge in [-0.25, -0.2) is 4.98 Å². The molecule has 1 aromatic heterocycles. The molecule has 0 atom stereocenters. The molecule has 0 amide bonds. The maximum absolute atomic E-state index is 5.81. The highest BCUT2D eigenvalue weighted by Crippen LogP contribution is 2.26. The number of hydrogen-bond acceptors (Lipinski definition) is 3. The second-order valence-corrected chi connectivity index (χ2v) is 6.60. The first-order valence-corrected chi connectivity index (χ1v) is 8.06. The third kappa shape index (κ3) is 3.38. The number of fused-ring (bicyclic) bond motifs is 1. The van der Waals surface area contributed by atoms with Gasteiger partial charge in [-0.05, 0) is 56.8 Å². The number of rotatable bonds is 4. The molecular weight excluding hydrogens is 260 g/mol. The van der Waals surface area contributed by atoms with Crippen molar-refractivity contribution < 1.29 is 0 Å². The molecule has 2 aromatic rings. The molecule has 1 fully saturated rings. The molecule has 1 aromatic carbocycles. The molecule has 1 aliphatic rings. The number of nitrogens with two attached hydrogens (primary N) is 1. The molecule has 0 bridgehead atoms. The van der Waals surface area contributed by atoms with Crippen LogP contribution in [0.25, 0.3) is 11.0 Å². The highest BCUT2D eigenvalue weighted by molar-refractivity contribution is 5.78. The maximum Gasteiger partial charge on any atom is 0.108 e. The van der Waals surface area contributed by atoms with Crippen molar-refractivity contribution >= 4 is 16.7 Å². The van der Waals surface area contributed by atoms with Crippen molar-refractivity contribution in [3.63, 3.8) is 0 Å². The number of hydrogen-bond donors (Lipinski definition) is 2. The summed E-state index contributed by atoms with van der Waals surface area (Å²) in [6.45, 7) is 3.44. The summed E-state index contributed by atoms with van der Waals surface area (Å²) < 4.78 is 0. The van der Waals surface area contributed by atoms with Gasteiger partial charge in [0, 0.05) is 24.7 Å². The number of anilines is 1. The van der Waals surface area contributed by atoms with Crippen LogP contribution in [0.2, 0.25) is 0 Å². The molecule has 0 aliphatic heterocycles. The van der Waals surface area contributed by atoms with Crippen molar-refractivity contribution in [2.75, 3.05) is 19.3 Å². The van der Waals surface area contributed by atoms with Gasteiger partial charge >= 0.3 is 0 Å². The third-order valence-electron chi connectivity index (χ3n) is 4.87. The Kier molecular flexibility index (Phi) is 4.15. The van der Waals surface area contributed by atoms with Gasteiger partial charge in [-0.1, -0.05) is 6.92 Å². The largest absolute Gasteiger partial charge is 0.399 e. The molecule has 0 spiro atoms. The van der Waals surface area contributed by atoms with Gasteiger partial charge in [-0.2, -0.15) is 0 Å². The van der Waals surface area contributed by atoms with Gasteiger partial charge in [0.2, 0.25) is 0 Å². The standard InChI is InChI=1S/C17H26N4/c1-12-3-6-14(7-4-12)21(2)10-9-17-19-15-8-5-13(18)11-16(15)20-17/h5,8,11-12,14H,3-4,6-7,9-10,18H2,1-2H3,(H,19,20). The first kappa shape index (κ1) is 14.4. The summed E-state index contributed by atoms with van der Waals surface area (Å²) in [5.41, 5.74) is 8.64. The van der Waals surface area contributed by atoms with Gasteiger partial charge in [0.1, 0.15) is 5.82 Å². The van der Waals surface area contributed by atoms with Crippen LogP contribution in [-0.4, -0.2) is 34.5 Å². The van der Waals surface area contributed by atoms with E-state index >= 15 is 0 Å². The van der Waals surface area contributed by atoms with Crippen molar-refractivity contribution in [3.8, 4) is 0 Å². The van der Waals surface area contributed by atoms with E-state index in [0.29, 0.717) is 0 Å². The molecule has 3 N–H and O–H groups in total. The zero-order valence-corrected chi connectivity index (χ0v) is 13.1. The fourth-order valence-electron chi connectivity index (χ4n) is 3.35. The SMILES string of the molecule is CC1CCC(N(C)CCc2nc3ccc(N)cc3[nH]2)CC1. The molecule has 0 saturated heterocycles. The molecule has 0 unspecified atom stereocenters. The van der Waals surface area contributed by atoms with Crippen molar-refractivity contribution in [1.29, 1.82) is 0 Å². The van der Waals surface area contributed by atoms with E-state index in [9.17, 15) is 0 Å². The average molecular weight is 286 g/mol. The molecule has 1 saturated carbocycles. The lowest BCUT2D eigenvalue weighted by Gasteiger charge is -2.33. The van der Waals surface area contributed by atoms with Crippen LogP contribution in [0.3, 0.4) is 0 Å². The molecule has 3 rings (SSSR count). The summed E-state index contributed by atoms with van der Waals surface area (Å²) in [6.07, 6.45) is 6.40. The number of nitrogens with zero attached hydrogens (tertiary/aromatic N) is 2. The number of nitrogens with one attached hydrogen (secondary N) is 1. The Balaban J connectivity index is 1.58. The van der Waals surface area contributed by atoms with Gasteiger partial charge in [0.25, 0.3) is 0 Å². The van der Waals surface area contributed by atoms with Crippen LogP contribution in [0, 0.1) is 5.92 Å². The Labute approximate surface area is 126 Å². The van der Waals surface area contributed by atoms with E-state index in [4.69, 9.17) is 5.73 Å². The Bertz CT molecular complexity index is 596. The molecule has 21 heavy (non-hydrogen) atoms. The third-order valence-corrected chi connectivity index (χ3v) is 4.87. The first-order chi connectivity index (χ1) is 10.1. The second kappa shape index (κ2) is 6.06. The van der Waals surface area contributed by atoms with Crippen molar-refractivity contribution in [1.82, 2.24) is 14.9 Å². The molecule has 1 heterocycles. The second-order valence-electron chi connectivity index (χ2n) is 6.60. The lowest BCUT2D eigenvalue weighted by molar-refractivity contribution is 0.171. The lowest BCUT2D eigenvalue weighted by atomic mass is 9.87. The number of likely N-dealkylation sites (N-methyl/N-ethyl adjacent to an activating group) is 1. The molecule has 114 valence electrons. The van der Waals surface area contributed by atoms with Crippen LogP contribution < -0.4 is 5.73 Å². The summed E-state index contributed by atoms with van der Waals surface area (Å²) >= 11 is 0. The molecule has 4 heteroatoms. The minimum absolute atomic E-state index is 0.751. The van der Waals surface area contributed by atoms with Gasteiger partial charge in [-0.15, -0.1) is 0 Å². The fraction of sp³-hybridized carbons (Fsp3) is 0.588. The number of H-pyrrole nitrogens is 1. The smallest absolute Gasteiger partial charge is 0.108 e. The minimum atomic E-state index is 0.751. The van der Waals surface area contributed by atoms with Crippen LogP contribution in [0.4, 0.5) is 5.69 Å². The molecule has 1 aliphatic carbocycles. The number of aromatic amines is 1. The summed E-state index contributed by atoms with van der Waals surface area (Å²) in [5, 5.41) is 0. The monoisotopic (exact) mass is 286 g/mol. The highest BCUT2D eigenvalue weighted by Gasteiger charge is 2.21. The summed E-state index contributed by atoms with van der Waals surface area (Å²) in [5.74, 6) is 1.97. The average Bonchev–Trinajstić information content (AvgIpc) is 2.87. The van der Waals surface area contributed by atoms with Gasteiger partial charge < -0.3 is 15.6 Å². The van der Waals surface area contributed by atoms with E-state index in [1.165, 1.54) is 25.7 Å². The predicted octanol–water partition coefficient (Wildman–Crippen LogP) is 3.20. The number of benzene rings is 1. The topological polar surface area (TPSA) is 57.9 Å². The van der Waals surface area contributed by atoms with E-state index in [0.717, 1.165) is 47.5 Å². The van der Waals surface area contributed by atoms with Crippen LogP contribution in [0.15, 0.2) is 18.2 Å². The Morgan fingerprint density at radius 3 is 2.81 bits per heavy atom. The van der Waals surface area contributed by atoms with Crippen molar-refractivity contribution in [3.05, 3.63) is 24.0 Å². The molecular formula is C17H26N4. The summed E-state index contributed by atoms with van der Waals surface area (Å²) in [4.78, 5) is 10.5. The Hall–Kier alpha value is -1.55. The van der Waals surface area contributed by atoms with Crippen molar-refractivity contribution in [2.24, 2.45) is 5.92 Å². The zero-order valence-electron chi connectivity index (χ0n) is 13.1. The first-order valence-electron chi connectivity index (χ1n) is 8.06. The summed E-state index contributed by atoms with van der Waals surface area (Å²) in [6, 6.07) is 6.60. The fourth-order valence-corrected chi connectivity index (χ4v) is 3.35. The van der Waals surface area contributed by atoms with Crippen LogP contribution in [0.1, 0.15) is 38.4 Å². The summed E-state index contributed by atoms with van der Waals surface area (Å²) in [7, 11) is 2.25. The van der Waals surface area contributed by atoms with Crippen LogP contribution in [-0.2, 0) is 6.42 Å². The zero-order chi connectivity index (χ0) is 14.8. The van der Waals surface area contributed by atoms with E-state index in [1.54, 1.807) is 0 Å². The van der Waals surface area contributed by atoms with E-state index < -0.39 is 0 Å².